The highest BCUT2D eigenvalue weighted by Gasteiger charge is 2.16. The highest BCUT2D eigenvalue weighted by Crippen LogP contribution is 2.25. The molecule has 0 bridgehead atoms. The van der Waals surface area contributed by atoms with Crippen LogP contribution < -0.4 is 4.90 Å². The zero-order valence-corrected chi connectivity index (χ0v) is 12.8. The van der Waals surface area contributed by atoms with Gasteiger partial charge in [-0.15, -0.1) is 0 Å². The lowest BCUT2D eigenvalue weighted by Crippen LogP contribution is -2.37. The number of aliphatic hydroxyl groups excluding tert-OH is 1. The van der Waals surface area contributed by atoms with Gasteiger partial charge < -0.3 is 14.7 Å². The van der Waals surface area contributed by atoms with Crippen molar-refractivity contribution in [1.82, 2.24) is 9.97 Å². The minimum atomic E-state index is 0.00845. The fraction of sp³-hybridized carbons (Fsp3) is 0.412. The largest absolute Gasteiger partial charge is 0.392 e. The van der Waals surface area contributed by atoms with Gasteiger partial charge in [0.2, 0.25) is 5.95 Å². The van der Waals surface area contributed by atoms with Crippen molar-refractivity contribution in [2.24, 2.45) is 0 Å². The van der Waals surface area contributed by atoms with Crippen molar-refractivity contribution >= 4 is 5.95 Å². The van der Waals surface area contributed by atoms with E-state index in [2.05, 4.69) is 16.8 Å². The number of aromatic nitrogens is 2. The number of rotatable bonds is 4. The molecule has 2 heterocycles. The Morgan fingerprint density at radius 3 is 2.68 bits per heavy atom. The zero-order valence-electron chi connectivity index (χ0n) is 12.8. The van der Waals surface area contributed by atoms with E-state index in [1.54, 1.807) is 0 Å². The SMILES string of the molecule is CCc1cc(-c2ccccc2CO)nc(N2CCOCC2)n1. The van der Waals surface area contributed by atoms with Crippen LogP contribution in [0.5, 0.6) is 0 Å². The third-order valence-corrected chi connectivity index (χ3v) is 3.89. The molecule has 0 saturated carbocycles. The van der Waals surface area contributed by atoms with Gasteiger partial charge in [-0.25, -0.2) is 9.97 Å². The van der Waals surface area contributed by atoms with Gasteiger partial charge in [0, 0.05) is 24.3 Å². The lowest BCUT2D eigenvalue weighted by atomic mass is 10.0. The molecule has 3 rings (SSSR count). The number of benzene rings is 1. The van der Waals surface area contributed by atoms with Crippen LogP contribution in [0, 0.1) is 0 Å². The minimum Gasteiger partial charge on any atom is -0.392 e. The summed E-state index contributed by atoms with van der Waals surface area (Å²) in [5, 5.41) is 9.55. The smallest absolute Gasteiger partial charge is 0.226 e. The molecule has 1 aromatic carbocycles. The van der Waals surface area contributed by atoms with Gasteiger partial charge in [-0.05, 0) is 18.1 Å². The van der Waals surface area contributed by atoms with Gasteiger partial charge in [0.25, 0.3) is 0 Å². The molecule has 116 valence electrons. The molecule has 0 unspecified atom stereocenters. The molecule has 1 saturated heterocycles. The summed E-state index contributed by atoms with van der Waals surface area (Å²) in [5.41, 5.74) is 3.74. The van der Waals surface area contributed by atoms with Gasteiger partial charge in [-0.1, -0.05) is 31.2 Å². The number of hydrogen-bond donors (Lipinski definition) is 1. The average molecular weight is 299 g/mol. The van der Waals surface area contributed by atoms with Gasteiger partial charge in [-0.3, -0.25) is 0 Å². The topological polar surface area (TPSA) is 58.5 Å². The van der Waals surface area contributed by atoms with Crippen LogP contribution in [0.25, 0.3) is 11.3 Å². The number of aliphatic hydroxyl groups is 1. The van der Waals surface area contributed by atoms with Crippen molar-refractivity contribution in [2.45, 2.75) is 20.0 Å². The van der Waals surface area contributed by atoms with E-state index in [1.807, 2.05) is 30.3 Å². The fourth-order valence-corrected chi connectivity index (χ4v) is 2.62. The molecule has 1 aromatic heterocycles. The summed E-state index contributed by atoms with van der Waals surface area (Å²) < 4.78 is 5.40. The van der Waals surface area contributed by atoms with Crippen LogP contribution in [0.1, 0.15) is 18.2 Å². The van der Waals surface area contributed by atoms with Crippen molar-refractivity contribution in [2.75, 3.05) is 31.2 Å². The van der Waals surface area contributed by atoms with Crippen molar-refractivity contribution in [1.29, 1.82) is 0 Å². The molecule has 1 N–H and O–H groups in total. The summed E-state index contributed by atoms with van der Waals surface area (Å²) in [7, 11) is 0. The van der Waals surface area contributed by atoms with Crippen LogP contribution in [-0.2, 0) is 17.8 Å². The molecule has 0 radical (unpaired) electrons. The third-order valence-electron chi connectivity index (χ3n) is 3.89. The first-order chi connectivity index (χ1) is 10.8. The van der Waals surface area contributed by atoms with Crippen LogP contribution in [0.3, 0.4) is 0 Å². The maximum atomic E-state index is 9.55. The molecule has 0 spiro atoms. The second kappa shape index (κ2) is 6.85. The first-order valence-electron chi connectivity index (χ1n) is 7.71. The van der Waals surface area contributed by atoms with E-state index in [0.717, 1.165) is 48.0 Å². The van der Waals surface area contributed by atoms with E-state index >= 15 is 0 Å². The second-order valence-electron chi connectivity index (χ2n) is 5.31. The first-order valence-corrected chi connectivity index (χ1v) is 7.71. The van der Waals surface area contributed by atoms with Crippen LogP contribution in [0.4, 0.5) is 5.95 Å². The number of hydrogen-bond acceptors (Lipinski definition) is 5. The van der Waals surface area contributed by atoms with Crippen molar-refractivity contribution in [3.05, 3.63) is 41.6 Å². The second-order valence-corrected chi connectivity index (χ2v) is 5.31. The van der Waals surface area contributed by atoms with Crippen LogP contribution in [0.2, 0.25) is 0 Å². The Morgan fingerprint density at radius 2 is 1.95 bits per heavy atom. The summed E-state index contributed by atoms with van der Waals surface area (Å²) >= 11 is 0. The Balaban J connectivity index is 2.03. The fourth-order valence-electron chi connectivity index (χ4n) is 2.62. The molecule has 5 heteroatoms. The highest BCUT2D eigenvalue weighted by molar-refractivity contribution is 5.65. The van der Waals surface area contributed by atoms with Crippen molar-refractivity contribution in [3.63, 3.8) is 0 Å². The predicted molar refractivity (Wildman–Crippen MR) is 85.8 cm³/mol. The molecule has 0 amide bonds. The van der Waals surface area contributed by atoms with E-state index in [1.165, 1.54) is 0 Å². The van der Waals surface area contributed by atoms with Gasteiger partial charge in [0.15, 0.2) is 0 Å². The zero-order chi connectivity index (χ0) is 15.4. The van der Waals surface area contributed by atoms with Gasteiger partial charge >= 0.3 is 0 Å². The highest BCUT2D eigenvalue weighted by atomic mass is 16.5. The quantitative estimate of drug-likeness (QED) is 0.936. The molecule has 0 atom stereocenters. The van der Waals surface area contributed by atoms with E-state index in [-0.39, 0.29) is 6.61 Å². The number of aryl methyl sites for hydroxylation is 1. The third kappa shape index (κ3) is 3.10. The summed E-state index contributed by atoms with van der Waals surface area (Å²) in [6.07, 6.45) is 0.855. The molecule has 1 aliphatic rings. The summed E-state index contributed by atoms with van der Waals surface area (Å²) in [6.45, 7) is 5.15. The Morgan fingerprint density at radius 1 is 1.18 bits per heavy atom. The number of nitrogens with zero attached hydrogens (tertiary/aromatic N) is 3. The van der Waals surface area contributed by atoms with Crippen LogP contribution in [-0.4, -0.2) is 41.4 Å². The predicted octanol–water partition coefficient (Wildman–Crippen LogP) is 2.03. The minimum absolute atomic E-state index is 0.00845. The molecule has 1 fully saturated rings. The normalized spacial score (nSPS) is 15.1. The van der Waals surface area contributed by atoms with Gasteiger partial charge in [0.05, 0.1) is 25.5 Å². The molecule has 0 aliphatic carbocycles. The van der Waals surface area contributed by atoms with Crippen LogP contribution >= 0.6 is 0 Å². The number of morpholine rings is 1. The first kappa shape index (κ1) is 14.9. The molecule has 22 heavy (non-hydrogen) atoms. The van der Waals surface area contributed by atoms with Crippen LogP contribution in [0.15, 0.2) is 30.3 Å². The van der Waals surface area contributed by atoms with E-state index in [4.69, 9.17) is 9.72 Å². The Kier molecular flexibility index (Phi) is 4.65. The Hall–Kier alpha value is -1.98. The van der Waals surface area contributed by atoms with Crippen molar-refractivity contribution in [3.8, 4) is 11.3 Å². The monoisotopic (exact) mass is 299 g/mol. The lowest BCUT2D eigenvalue weighted by molar-refractivity contribution is 0.122. The molecular formula is C17H21N3O2. The number of anilines is 1. The van der Waals surface area contributed by atoms with E-state index in [9.17, 15) is 5.11 Å². The summed E-state index contributed by atoms with van der Waals surface area (Å²) in [6, 6.07) is 9.84. The number of ether oxygens (including phenoxy) is 1. The Labute approximate surface area is 130 Å². The average Bonchev–Trinajstić information content (AvgIpc) is 2.62. The standard InChI is InChI=1S/C17H21N3O2/c1-2-14-11-16(15-6-4-3-5-13(15)12-21)19-17(18-14)20-7-9-22-10-8-20/h3-6,11,21H,2,7-10,12H2,1H3. The van der Waals surface area contributed by atoms with E-state index < -0.39 is 0 Å². The molecule has 1 aliphatic heterocycles. The lowest BCUT2D eigenvalue weighted by Gasteiger charge is -2.27. The maximum Gasteiger partial charge on any atom is 0.226 e. The van der Waals surface area contributed by atoms with E-state index in [0.29, 0.717) is 13.2 Å². The summed E-state index contributed by atoms with van der Waals surface area (Å²) in [5.74, 6) is 0.755. The maximum absolute atomic E-state index is 9.55. The summed E-state index contributed by atoms with van der Waals surface area (Å²) in [4.78, 5) is 11.5. The molecule has 5 nitrogen and oxygen atoms in total. The Bertz CT molecular complexity index is 640. The molecule has 2 aromatic rings. The van der Waals surface area contributed by atoms with Gasteiger partial charge in [-0.2, -0.15) is 0 Å². The van der Waals surface area contributed by atoms with Crippen molar-refractivity contribution < 1.29 is 9.84 Å². The molecular weight excluding hydrogens is 278 g/mol. The van der Waals surface area contributed by atoms with Gasteiger partial charge in [0.1, 0.15) is 0 Å².